The molecule has 4 nitrogen and oxygen atoms in total. The van der Waals surface area contributed by atoms with E-state index in [0.717, 1.165) is 37.7 Å². The molecule has 144 valence electrons. The SMILES string of the molecule is CCN(C(=O)c1cc(Oc2ccc(CCN)cc2)ccc1F)C1CCCC1. The van der Waals surface area contributed by atoms with Gasteiger partial charge >= 0.3 is 0 Å². The molecule has 2 aromatic carbocycles. The van der Waals surface area contributed by atoms with Crippen LogP contribution in [0.1, 0.15) is 48.5 Å². The van der Waals surface area contributed by atoms with Crippen molar-refractivity contribution in [3.8, 4) is 11.5 Å². The van der Waals surface area contributed by atoms with Crippen LogP contribution in [0, 0.1) is 5.82 Å². The molecule has 0 saturated heterocycles. The molecule has 1 aliphatic rings. The molecule has 0 atom stereocenters. The first-order valence-corrected chi connectivity index (χ1v) is 9.69. The highest BCUT2D eigenvalue weighted by molar-refractivity contribution is 5.95. The lowest BCUT2D eigenvalue weighted by Crippen LogP contribution is -2.39. The lowest BCUT2D eigenvalue weighted by molar-refractivity contribution is 0.0688. The fourth-order valence-corrected chi connectivity index (χ4v) is 3.70. The number of rotatable bonds is 7. The summed E-state index contributed by atoms with van der Waals surface area (Å²) in [4.78, 5) is 14.7. The number of carbonyl (C=O) groups excluding carboxylic acids is 1. The van der Waals surface area contributed by atoms with Crippen molar-refractivity contribution in [3.63, 3.8) is 0 Å². The number of amides is 1. The van der Waals surface area contributed by atoms with Crippen molar-refractivity contribution in [2.24, 2.45) is 5.73 Å². The smallest absolute Gasteiger partial charge is 0.257 e. The molecule has 1 amide bonds. The van der Waals surface area contributed by atoms with Crippen LogP contribution < -0.4 is 10.5 Å². The normalized spacial score (nSPS) is 14.3. The van der Waals surface area contributed by atoms with Crippen LogP contribution in [0.2, 0.25) is 0 Å². The fraction of sp³-hybridized carbons (Fsp3) is 0.409. The fourth-order valence-electron chi connectivity index (χ4n) is 3.70. The van der Waals surface area contributed by atoms with E-state index in [2.05, 4.69) is 0 Å². The Labute approximate surface area is 160 Å². The summed E-state index contributed by atoms with van der Waals surface area (Å²) >= 11 is 0. The van der Waals surface area contributed by atoms with Crippen LogP contribution in [-0.2, 0) is 6.42 Å². The summed E-state index contributed by atoms with van der Waals surface area (Å²) in [5.74, 6) is 0.324. The van der Waals surface area contributed by atoms with E-state index in [4.69, 9.17) is 10.5 Å². The van der Waals surface area contributed by atoms with Gasteiger partial charge in [-0.25, -0.2) is 4.39 Å². The summed E-state index contributed by atoms with van der Waals surface area (Å²) in [7, 11) is 0. The van der Waals surface area contributed by atoms with Gasteiger partial charge in [-0.3, -0.25) is 4.79 Å². The maximum absolute atomic E-state index is 14.4. The van der Waals surface area contributed by atoms with Crippen LogP contribution in [-0.4, -0.2) is 29.9 Å². The first kappa shape index (κ1) is 19.4. The predicted octanol–water partition coefficient (Wildman–Crippen LogP) is 4.52. The number of ether oxygens (including phenoxy) is 1. The van der Waals surface area contributed by atoms with E-state index < -0.39 is 5.82 Å². The third kappa shape index (κ3) is 4.66. The maximum atomic E-state index is 14.4. The predicted molar refractivity (Wildman–Crippen MR) is 105 cm³/mol. The van der Waals surface area contributed by atoms with Gasteiger partial charge in [0.25, 0.3) is 5.91 Å². The zero-order valence-electron chi connectivity index (χ0n) is 15.8. The van der Waals surface area contributed by atoms with Gasteiger partial charge in [0.2, 0.25) is 0 Å². The van der Waals surface area contributed by atoms with Crippen LogP contribution >= 0.6 is 0 Å². The van der Waals surface area contributed by atoms with Gasteiger partial charge in [0.15, 0.2) is 0 Å². The minimum Gasteiger partial charge on any atom is -0.457 e. The Morgan fingerprint density at radius 1 is 1.15 bits per heavy atom. The second-order valence-electron chi connectivity index (χ2n) is 6.96. The van der Waals surface area contributed by atoms with Crippen LogP contribution in [0.4, 0.5) is 4.39 Å². The van der Waals surface area contributed by atoms with Gasteiger partial charge in [-0.2, -0.15) is 0 Å². The molecule has 0 radical (unpaired) electrons. The minimum atomic E-state index is -0.512. The Morgan fingerprint density at radius 3 is 2.44 bits per heavy atom. The molecular weight excluding hydrogens is 343 g/mol. The van der Waals surface area contributed by atoms with Crippen LogP contribution in [0.15, 0.2) is 42.5 Å². The summed E-state index contributed by atoms with van der Waals surface area (Å²) in [5.41, 5.74) is 6.76. The molecule has 1 aliphatic carbocycles. The monoisotopic (exact) mass is 370 g/mol. The van der Waals surface area contributed by atoms with E-state index in [9.17, 15) is 9.18 Å². The standard InChI is InChI=1S/C22H27FN2O2/c1-2-25(17-5-3-4-6-17)22(26)20-15-19(11-12-21(20)23)27-18-9-7-16(8-10-18)13-14-24/h7-12,15,17H,2-6,13-14,24H2,1H3. The van der Waals surface area contributed by atoms with E-state index in [1.165, 1.54) is 12.1 Å². The van der Waals surface area contributed by atoms with Crippen molar-refractivity contribution in [1.82, 2.24) is 4.90 Å². The quantitative estimate of drug-likeness (QED) is 0.779. The summed E-state index contributed by atoms with van der Waals surface area (Å²) in [6.45, 7) is 3.12. The lowest BCUT2D eigenvalue weighted by atomic mass is 10.1. The second kappa shape index (κ2) is 9.00. The topological polar surface area (TPSA) is 55.6 Å². The van der Waals surface area contributed by atoms with Crippen molar-refractivity contribution in [2.45, 2.75) is 45.1 Å². The van der Waals surface area contributed by atoms with E-state index >= 15 is 0 Å². The Morgan fingerprint density at radius 2 is 1.81 bits per heavy atom. The van der Waals surface area contributed by atoms with Gasteiger partial charge in [-0.1, -0.05) is 25.0 Å². The Kier molecular flexibility index (Phi) is 6.45. The Hall–Kier alpha value is -2.40. The molecule has 0 heterocycles. The zero-order valence-corrected chi connectivity index (χ0v) is 15.8. The Balaban J connectivity index is 1.77. The average Bonchev–Trinajstić information content (AvgIpc) is 3.20. The molecule has 0 unspecified atom stereocenters. The van der Waals surface area contributed by atoms with Crippen LogP contribution in [0.5, 0.6) is 11.5 Å². The van der Waals surface area contributed by atoms with Crippen molar-refractivity contribution >= 4 is 5.91 Å². The molecule has 27 heavy (non-hydrogen) atoms. The number of benzene rings is 2. The van der Waals surface area contributed by atoms with E-state index in [1.54, 1.807) is 11.0 Å². The molecule has 0 bridgehead atoms. The van der Waals surface area contributed by atoms with Crippen molar-refractivity contribution < 1.29 is 13.9 Å². The number of halogens is 1. The minimum absolute atomic E-state index is 0.0704. The van der Waals surface area contributed by atoms with Crippen molar-refractivity contribution in [1.29, 1.82) is 0 Å². The lowest BCUT2D eigenvalue weighted by Gasteiger charge is -2.28. The third-order valence-corrected chi connectivity index (χ3v) is 5.13. The molecule has 0 spiro atoms. The first-order chi connectivity index (χ1) is 13.1. The van der Waals surface area contributed by atoms with Gasteiger partial charge in [0, 0.05) is 12.6 Å². The number of carbonyl (C=O) groups is 1. The molecule has 0 aliphatic heterocycles. The van der Waals surface area contributed by atoms with Gasteiger partial charge in [0.1, 0.15) is 17.3 Å². The molecule has 5 heteroatoms. The summed E-state index contributed by atoms with van der Waals surface area (Å²) < 4.78 is 20.2. The summed E-state index contributed by atoms with van der Waals surface area (Å²) in [6.07, 6.45) is 5.04. The molecule has 2 N–H and O–H groups in total. The highest BCUT2D eigenvalue weighted by atomic mass is 19.1. The molecular formula is C22H27FN2O2. The number of hydrogen-bond donors (Lipinski definition) is 1. The van der Waals surface area contributed by atoms with Gasteiger partial charge in [0.05, 0.1) is 5.56 Å². The zero-order chi connectivity index (χ0) is 19.2. The third-order valence-electron chi connectivity index (χ3n) is 5.13. The maximum Gasteiger partial charge on any atom is 0.257 e. The van der Waals surface area contributed by atoms with Gasteiger partial charge in [-0.05, 0) is 68.6 Å². The van der Waals surface area contributed by atoms with Gasteiger partial charge < -0.3 is 15.4 Å². The highest BCUT2D eigenvalue weighted by Crippen LogP contribution is 2.28. The molecule has 0 aromatic heterocycles. The van der Waals surface area contributed by atoms with Gasteiger partial charge in [-0.15, -0.1) is 0 Å². The van der Waals surface area contributed by atoms with E-state index in [-0.39, 0.29) is 17.5 Å². The highest BCUT2D eigenvalue weighted by Gasteiger charge is 2.28. The number of nitrogens with zero attached hydrogens (tertiary/aromatic N) is 1. The first-order valence-electron chi connectivity index (χ1n) is 9.69. The Bertz CT molecular complexity index is 770. The van der Waals surface area contributed by atoms with Crippen LogP contribution in [0.3, 0.4) is 0 Å². The molecule has 1 saturated carbocycles. The molecule has 3 rings (SSSR count). The van der Waals surface area contributed by atoms with E-state index in [1.807, 2.05) is 31.2 Å². The molecule has 1 fully saturated rings. The van der Waals surface area contributed by atoms with Crippen molar-refractivity contribution in [3.05, 3.63) is 59.4 Å². The molecule has 2 aromatic rings. The number of nitrogens with two attached hydrogens (primary N) is 1. The second-order valence-corrected chi connectivity index (χ2v) is 6.96. The summed E-state index contributed by atoms with van der Waals surface area (Å²) in [5, 5.41) is 0. The van der Waals surface area contributed by atoms with Crippen molar-refractivity contribution in [2.75, 3.05) is 13.1 Å². The largest absolute Gasteiger partial charge is 0.457 e. The summed E-state index contributed by atoms with van der Waals surface area (Å²) in [6, 6.07) is 12.2. The average molecular weight is 370 g/mol. The van der Waals surface area contributed by atoms with Crippen LogP contribution in [0.25, 0.3) is 0 Å². The van der Waals surface area contributed by atoms with E-state index in [0.29, 0.717) is 24.6 Å². The number of hydrogen-bond acceptors (Lipinski definition) is 3.